The molecule has 186 valence electrons. The van der Waals surface area contributed by atoms with Gasteiger partial charge in [0.15, 0.2) is 0 Å². The molecule has 1 aliphatic heterocycles. The molecule has 7 nitrogen and oxygen atoms in total. The van der Waals surface area contributed by atoms with Crippen molar-refractivity contribution in [3.63, 3.8) is 0 Å². The van der Waals surface area contributed by atoms with Crippen molar-refractivity contribution in [2.75, 3.05) is 25.7 Å². The number of nitrogens with zero attached hydrogens (tertiary/aromatic N) is 1. The summed E-state index contributed by atoms with van der Waals surface area (Å²) in [5.74, 6) is -0.836. The molecule has 0 bridgehead atoms. The zero-order valence-electron chi connectivity index (χ0n) is 20.4. The van der Waals surface area contributed by atoms with E-state index in [2.05, 4.69) is 0 Å². The molecule has 8 heteroatoms. The molecule has 1 unspecified atom stereocenters. The van der Waals surface area contributed by atoms with Crippen LogP contribution in [0.4, 0.5) is 5.69 Å². The lowest BCUT2D eigenvalue weighted by Gasteiger charge is -2.26. The number of amides is 1. The zero-order chi connectivity index (χ0) is 26.0. The Hall–Kier alpha value is -3.97. The first-order chi connectivity index (χ1) is 17.3. The highest BCUT2D eigenvalue weighted by Gasteiger charge is 2.47. The van der Waals surface area contributed by atoms with E-state index in [0.29, 0.717) is 29.4 Å². The molecule has 0 aromatic heterocycles. The van der Waals surface area contributed by atoms with E-state index in [4.69, 9.17) is 25.8 Å². The van der Waals surface area contributed by atoms with Crippen molar-refractivity contribution in [2.24, 2.45) is 0 Å². The third-order valence-electron chi connectivity index (χ3n) is 5.94. The smallest absolute Gasteiger partial charge is 0.300 e. The third kappa shape index (κ3) is 4.50. The lowest BCUT2D eigenvalue weighted by molar-refractivity contribution is -0.132. The molecule has 0 spiro atoms. The number of ketones is 1. The van der Waals surface area contributed by atoms with Gasteiger partial charge in [-0.05, 0) is 55.3 Å². The highest BCUT2D eigenvalue weighted by molar-refractivity contribution is 6.51. The van der Waals surface area contributed by atoms with Crippen molar-refractivity contribution in [3.05, 3.63) is 87.9 Å². The first-order valence-electron chi connectivity index (χ1n) is 11.3. The molecule has 1 saturated heterocycles. The van der Waals surface area contributed by atoms with E-state index in [1.807, 2.05) is 32.0 Å². The summed E-state index contributed by atoms with van der Waals surface area (Å²) >= 11 is 6.33. The summed E-state index contributed by atoms with van der Waals surface area (Å²) in [6.45, 7) is 4.21. The maximum Gasteiger partial charge on any atom is 0.300 e. The molecule has 4 rings (SSSR count). The van der Waals surface area contributed by atoms with Crippen LogP contribution in [0.5, 0.6) is 17.2 Å². The summed E-state index contributed by atoms with van der Waals surface area (Å²) in [6, 6.07) is 16.4. The monoisotopic (exact) mass is 507 g/mol. The van der Waals surface area contributed by atoms with Crippen LogP contribution in [0.15, 0.2) is 66.2 Å². The van der Waals surface area contributed by atoms with Gasteiger partial charge >= 0.3 is 0 Å². The normalized spacial score (nSPS) is 16.8. The Labute approximate surface area is 214 Å². The molecule has 1 aliphatic rings. The second-order valence-electron chi connectivity index (χ2n) is 8.20. The quantitative estimate of drug-likeness (QED) is 0.251. The van der Waals surface area contributed by atoms with Crippen LogP contribution in [0.2, 0.25) is 5.02 Å². The van der Waals surface area contributed by atoms with Crippen LogP contribution in [0.3, 0.4) is 0 Å². The van der Waals surface area contributed by atoms with Crippen LogP contribution in [0.25, 0.3) is 5.76 Å². The van der Waals surface area contributed by atoms with Crippen LogP contribution < -0.4 is 19.1 Å². The molecule has 1 fully saturated rings. The number of Topliss-reactive ketones (excluding diaryl/α,β-unsaturated/α-hetero) is 1. The van der Waals surface area contributed by atoms with Crippen molar-refractivity contribution in [1.82, 2.24) is 0 Å². The van der Waals surface area contributed by atoms with Crippen LogP contribution in [0, 0.1) is 6.92 Å². The molecule has 1 amide bonds. The number of benzene rings is 3. The van der Waals surface area contributed by atoms with Gasteiger partial charge in [-0.15, -0.1) is 0 Å². The van der Waals surface area contributed by atoms with Gasteiger partial charge < -0.3 is 19.3 Å². The minimum Gasteiger partial charge on any atom is -0.507 e. The van der Waals surface area contributed by atoms with E-state index >= 15 is 0 Å². The minimum absolute atomic E-state index is 0.0883. The Morgan fingerprint density at radius 3 is 2.39 bits per heavy atom. The number of methoxy groups -OCH3 is 2. The summed E-state index contributed by atoms with van der Waals surface area (Å²) in [5, 5.41) is 11.7. The average molecular weight is 508 g/mol. The molecular formula is C28H26ClNO6. The number of aliphatic hydroxyl groups excluding tert-OH is 1. The molecule has 1 atom stereocenters. The van der Waals surface area contributed by atoms with Crippen molar-refractivity contribution < 1.29 is 28.9 Å². The van der Waals surface area contributed by atoms with Gasteiger partial charge in [0.1, 0.15) is 23.0 Å². The van der Waals surface area contributed by atoms with Crippen molar-refractivity contribution in [3.8, 4) is 17.2 Å². The number of anilines is 1. The zero-order valence-corrected chi connectivity index (χ0v) is 21.1. The van der Waals surface area contributed by atoms with E-state index in [-0.39, 0.29) is 21.9 Å². The van der Waals surface area contributed by atoms with Gasteiger partial charge in [0.05, 0.1) is 43.0 Å². The predicted molar refractivity (Wildman–Crippen MR) is 138 cm³/mol. The number of carbonyl (C=O) groups is 2. The van der Waals surface area contributed by atoms with E-state index in [1.165, 1.54) is 31.3 Å². The predicted octanol–water partition coefficient (Wildman–Crippen LogP) is 5.69. The lowest BCUT2D eigenvalue weighted by atomic mass is 9.94. The SMILES string of the molecule is CCOc1cccc(C2/C(=C(\O)c3cc(Cl)c(OC)cc3OC)C(=O)C(=O)N2c2cccc(C)c2)c1. The number of aliphatic hydroxyl groups is 1. The molecule has 0 saturated carbocycles. The summed E-state index contributed by atoms with van der Waals surface area (Å²) < 4.78 is 16.3. The van der Waals surface area contributed by atoms with Crippen molar-refractivity contribution in [2.45, 2.75) is 19.9 Å². The number of rotatable bonds is 7. The van der Waals surface area contributed by atoms with Gasteiger partial charge in [-0.25, -0.2) is 0 Å². The van der Waals surface area contributed by atoms with Crippen LogP contribution in [-0.4, -0.2) is 37.6 Å². The standard InChI is InChI=1S/C28H26ClNO6/c1-5-36-19-11-7-9-17(13-19)25-24(26(31)20-14-21(29)23(35-4)15-22(20)34-3)27(32)28(33)30(25)18-10-6-8-16(2)12-18/h6-15,25,31H,5H2,1-4H3/b26-24+. The fraction of sp³-hybridized carbons (Fsp3) is 0.214. The van der Waals surface area contributed by atoms with Gasteiger partial charge in [0.25, 0.3) is 11.7 Å². The Bertz CT molecular complexity index is 1370. The third-order valence-corrected chi connectivity index (χ3v) is 6.23. The molecular weight excluding hydrogens is 482 g/mol. The molecule has 0 aliphatic carbocycles. The van der Waals surface area contributed by atoms with Crippen molar-refractivity contribution >= 4 is 34.7 Å². The van der Waals surface area contributed by atoms with Crippen molar-refractivity contribution in [1.29, 1.82) is 0 Å². The number of ether oxygens (including phenoxy) is 3. The molecule has 1 N–H and O–H groups in total. The summed E-state index contributed by atoms with van der Waals surface area (Å²) in [5.41, 5.74) is 2.12. The maximum absolute atomic E-state index is 13.5. The summed E-state index contributed by atoms with van der Waals surface area (Å²) in [7, 11) is 2.88. The van der Waals surface area contributed by atoms with Gasteiger partial charge in [-0.3, -0.25) is 14.5 Å². The average Bonchev–Trinajstić information content (AvgIpc) is 3.14. The van der Waals surface area contributed by atoms with E-state index in [1.54, 1.807) is 30.3 Å². The van der Waals surface area contributed by atoms with E-state index < -0.39 is 23.5 Å². The number of aryl methyl sites for hydroxylation is 1. The first kappa shape index (κ1) is 25.1. The number of halogens is 1. The molecule has 36 heavy (non-hydrogen) atoms. The van der Waals surface area contributed by atoms with Gasteiger partial charge in [0, 0.05) is 11.8 Å². The second kappa shape index (κ2) is 10.3. The highest BCUT2D eigenvalue weighted by atomic mass is 35.5. The Kier molecular flexibility index (Phi) is 7.22. The summed E-state index contributed by atoms with van der Waals surface area (Å²) in [6.07, 6.45) is 0. The number of hydrogen-bond donors (Lipinski definition) is 1. The Morgan fingerprint density at radius 1 is 1.00 bits per heavy atom. The van der Waals surface area contributed by atoms with E-state index in [9.17, 15) is 14.7 Å². The molecule has 3 aromatic carbocycles. The number of hydrogen-bond acceptors (Lipinski definition) is 6. The number of carbonyl (C=O) groups excluding carboxylic acids is 2. The topological polar surface area (TPSA) is 85.3 Å². The maximum atomic E-state index is 13.5. The fourth-order valence-electron chi connectivity index (χ4n) is 4.32. The van der Waals surface area contributed by atoms with E-state index in [0.717, 1.165) is 5.56 Å². The minimum atomic E-state index is -0.919. The molecule has 3 aromatic rings. The van der Waals surface area contributed by atoms with Crippen LogP contribution >= 0.6 is 11.6 Å². The first-order valence-corrected chi connectivity index (χ1v) is 11.7. The molecule has 0 radical (unpaired) electrons. The van der Waals surface area contributed by atoms with Gasteiger partial charge in [-0.1, -0.05) is 35.9 Å². The van der Waals surface area contributed by atoms with Crippen LogP contribution in [0.1, 0.15) is 29.7 Å². The largest absolute Gasteiger partial charge is 0.507 e. The van der Waals surface area contributed by atoms with Crippen LogP contribution in [-0.2, 0) is 9.59 Å². The Morgan fingerprint density at radius 2 is 1.72 bits per heavy atom. The van der Waals surface area contributed by atoms with Gasteiger partial charge in [0.2, 0.25) is 0 Å². The highest BCUT2D eigenvalue weighted by Crippen LogP contribution is 2.45. The lowest BCUT2D eigenvalue weighted by Crippen LogP contribution is -2.29. The summed E-state index contributed by atoms with van der Waals surface area (Å²) in [4.78, 5) is 28.2. The molecule has 1 heterocycles. The fourth-order valence-corrected chi connectivity index (χ4v) is 4.56. The second-order valence-corrected chi connectivity index (χ2v) is 8.61. The Balaban J connectivity index is 1.99. The van der Waals surface area contributed by atoms with Gasteiger partial charge in [-0.2, -0.15) is 0 Å².